The van der Waals surface area contributed by atoms with Crippen molar-refractivity contribution in [1.29, 1.82) is 0 Å². The fourth-order valence-electron chi connectivity index (χ4n) is 3.69. The van der Waals surface area contributed by atoms with Gasteiger partial charge in [0.2, 0.25) is 11.8 Å². The molecule has 0 bridgehead atoms. The molecule has 1 aromatic rings. The van der Waals surface area contributed by atoms with Gasteiger partial charge in [0, 0.05) is 43.2 Å². The number of amides is 2. The van der Waals surface area contributed by atoms with Gasteiger partial charge in [0.15, 0.2) is 5.82 Å². The topological polar surface area (TPSA) is 96.1 Å². The zero-order chi connectivity index (χ0) is 17.6. The molecule has 25 heavy (non-hydrogen) atoms. The summed E-state index contributed by atoms with van der Waals surface area (Å²) >= 11 is 0. The molecular weight excluding hydrogens is 320 g/mol. The number of methoxy groups -OCH3 is 1. The maximum atomic E-state index is 12.3. The lowest BCUT2D eigenvalue weighted by atomic mass is 9.78. The molecule has 1 aromatic heterocycles. The first kappa shape index (κ1) is 17.9. The Kier molecular flexibility index (Phi) is 6.07. The molecule has 138 valence electrons. The summed E-state index contributed by atoms with van der Waals surface area (Å²) in [6.45, 7) is 0.451. The Hall–Kier alpha value is -1.89. The first-order chi connectivity index (χ1) is 12.2. The fraction of sp³-hybridized carbons (Fsp3) is 0.722. The standard InChI is InChI=1S/C18H28N4O3/c1-25-8-7-17(23)19-14-9-13(10-14)15-11-16(22-21-15)20-18(24)12-5-3-2-4-6-12/h11-14H,2-10H2,1H3,(H,19,23)(H2,20,21,22,24). The van der Waals surface area contributed by atoms with Crippen LogP contribution in [0, 0.1) is 5.92 Å². The van der Waals surface area contributed by atoms with Crippen molar-refractivity contribution >= 4 is 17.6 Å². The van der Waals surface area contributed by atoms with Gasteiger partial charge in [0.05, 0.1) is 6.61 Å². The molecule has 7 nitrogen and oxygen atoms in total. The Morgan fingerprint density at radius 1 is 1.28 bits per heavy atom. The number of aromatic amines is 1. The molecule has 0 atom stereocenters. The summed E-state index contributed by atoms with van der Waals surface area (Å²) in [7, 11) is 1.59. The highest BCUT2D eigenvalue weighted by atomic mass is 16.5. The molecule has 2 aliphatic rings. The number of hydrogen-bond donors (Lipinski definition) is 3. The summed E-state index contributed by atoms with van der Waals surface area (Å²) < 4.78 is 4.91. The van der Waals surface area contributed by atoms with Crippen LogP contribution in [-0.2, 0) is 14.3 Å². The summed E-state index contributed by atoms with van der Waals surface area (Å²) in [5.41, 5.74) is 1.03. The predicted octanol–water partition coefficient (Wildman–Crippen LogP) is 2.33. The number of rotatable bonds is 7. The molecule has 0 radical (unpaired) electrons. The third kappa shape index (κ3) is 4.81. The Morgan fingerprint density at radius 3 is 2.76 bits per heavy atom. The van der Waals surface area contributed by atoms with Gasteiger partial charge in [0.25, 0.3) is 0 Å². The highest BCUT2D eigenvalue weighted by molar-refractivity contribution is 5.91. The van der Waals surface area contributed by atoms with Gasteiger partial charge in [-0.1, -0.05) is 19.3 Å². The SMILES string of the molecule is COCCC(=O)NC1CC(c2cc(NC(=O)C3CCCCC3)n[nH]2)C1. The molecule has 0 aromatic carbocycles. The molecule has 3 N–H and O–H groups in total. The zero-order valence-electron chi connectivity index (χ0n) is 14.8. The number of carbonyl (C=O) groups is 2. The van der Waals surface area contributed by atoms with Crippen molar-refractivity contribution in [3.8, 4) is 0 Å². The van der Waals surface area contributed by atoms with E-state index in [1.165, 1.54) is 6.42 Å². The van der Waals surface area contributed by atoms with Gasteiger partial charge in [-0.3, -0.25) is 14.7 Å². The molecule has 2 saturated carbocycles. The second kappa shape index (κ2) is 8.47. The van der Waals surface area contributed by atoms with E-state index in [0.717, 1.165) is 44.2 Å². The summed E-state index contributed by atoms with van der Waals surface area (Å²) in [6.07, 6.45) is 7.69. The second-order valence-electron chi connectivity index (χ2n) is 7.21. The van der Waals surface area contributed by atoms with E-state index < -0.39 is 0 Å². The number of ether oxygens (including phenoxy) is 1. The molecular formula is C18H28N4O3. The normalized spacial score (nSPS) is 23.7. The minimum absolute atomic E-state index is 0.0374. The molecule has 2 aliphatic carbocycles. The fourth-order valence-corrected chi connectivity index (χ4v) is 3.69. The van der Waals surface area contributed by atoms with Gasteiger partial charge < -0.3 is 15.4 Å². The lowest BCUT2D eigenvalue weighted by Crippen LogP contribution is -2.43. The highest BCUT2D eigenvalue weighted by Crippen LogP contribution is 2.36. The Labute approximate surface area is 148 Å². The third-order valence-corrected chi connectivity index (χ3v) is 5.30. The van der Waals surface area contributed by atoms with E-state index in [1.54, 1.807) is 7.11 Å². The smallest absolute Gasteiger partial charge is 0.228 e. The van der Waals surface area contributed by atoms with Crippen molar-refractivity contribution in [3.05, 3.63) is 11.8 Å². The summed E-state index contributed by atoms with van der Waals surface area (Å²) in [6, 6.07) is 2.15. The Balaban J connectivity index is 1.42. The third-order valence-electron chi connectivity index (χ3n) is 5.30. The van der Waals surface area contributed by atoms with Crippen LogP contribution in [0.3, 0.4) is 0 Å². The zero-order valence-corrected chi connectivity index (χ0v) is 14.8. The molecule has 2 amide bonds. The van der Waals surface area contributed by atoms with Gasteiger partial charge in [-0.25, -0.2) is 0 Å². The molecule has 0 aliphatic heterocycles. The van der Waals surface area contributed by atoms with Gasteiger partial charge in [-0.05, 0) is 25.7 Å². The summed E-state index contributed by atoms with van der Waals surface area (Å²) in [4.78, 5) is 23.9. The lowest BCUT2D eigenvalue weighted by molar-refractivity contribution is -0.123. The van der Waals surface area contributed by atoms with Crippen molar-refractivity contribution in [2.24, 2.45) is 5.92 Å². The van der Waals surface area contributed by atoms with E-state index in [0.29, 0.717) is 24.8 Å². The van der Waals surface area contributed by atoms with Crippen LogP contribution in [0.1, 0.15) is 63.0 Å². The number of aromatic nitrogens is 2. The van der Waals surface area contributed by atoms with Gasteiger partial charge in [-0.15, -0.1) is 0 Å². The second-order valence-corrected chi connectivity index (χ2v) is 7.21. The Bertz CT molecular complexity index is 589. The quantitative estimate of drug-likeness (QED) is 0.704. The van der Waals surface area contributed by atoms with Crippen molar-refractivity contribution in [2.45, 2.75) is 63.3 Å². The van der Waals surface area contributed by atoms with E-state index in [4.69, 9.17) is 4.74 Å². The van der Waals surface area contributed by atoms with Crippen LogP contribution in [0.5, 0.6) is 0 Å². The van der Waals surface area contributed by atoms with E-state index in [-0.39, 0.29) is 23.8 Å². The van der Waals surface area contributed by atoms with E-state index >= 15 is 0 Å². The van der Waals surface area contributed by atoms with Crippen LogP contribution in [-0.4, -0.2) is 41.8 Å². The molecule has 7 heteroatoms. The molecule has 1 heterocycles. The van der Waals surface area contributed by atoms with E-state index in [2.05, 4.69) is 20.8 Å². The van der Waals surface area contributed by atoms with Gasteiger partial charge >= 0.3 is 0 Å². The van der Waals surface area contributed by atoms with E-state index in [1.807, 2.05) is 6.07 Å². The number of anilines is 1. The maximum Gasteiger partial charge on any atom is 0.228 e. The molecule has 0 unspecified atom stereocenters. The van der Waals surface area contributed by atoms with Crippen LogP contribution in [0.2, 0.25) is 0 Å². The predicted molar refractivity (Wildman–Crippen MR) is 94.2 cm³/mol. The highest BCUT2D eigenvalue weighted by Gasteiger charge is 2.32. The van der Waals surface area contributed by atoms with Gasteiger partial charge in [0.1, 0.15) is 0 Å². The van der Waals surface area contributed by atoms with Crippen molar-refractivity contribution in [2.75, 3.05) is 19.0 Å². The molecule has 3 rings (SSSR count). The summed E-state index contributed by atoms with van der Waals surface area (Å²) in [5.74, 6) is 1.23. The monoisotopic (exact) mass is 348 g/mol. The van der Waals surface area contributed by atoms with Crippen molar-refractivity contribution in [3.63, 3.8) is 0 Å². The van der Waals surface area contributed by atoms with Crippen LogP contribution in [0.4, 0.5) is 5.82 Å². The maximum absolute atomic E-state index is 12.3. The number of nitrogens with zero attached hydrogens (tertiary/aromatic N) is 1. The molecule has 0 saturated heterocycles. The van der Waals surface area contributed by atoms with Crippen molar-refractivity contribution < 1.29 is 14.3 Å². The van der Waals surface area contributed by atoms with Gasteiger partial charge in [-0.2, -0.15) is 5.10 Å². The number of nitrogens with one attached hydrogen (secondary N) is 3. The van der Waals surface area contributed by atoms with Crippen LogP contribution in [0.25, 0.3) is 0 Å². The van der Waals surface area contributed by atoms with Crippen LogP contribution in [0.15, 0.2) is 6.07 Å². The number of hydrogen-bond acceptors (Lipinski definition) is 4. The Morgan fingerprint density at radius 2 is 2.04 bits per heavy atom. The molecule has 2 fully saturated rings. The van der Waals surface area contributed by atoms with Crippen LogP contribution >= 0.6 is 0 Å². The first-order valence-electron chi connectivity index (χ1n) is 9.30. The van der Waals surface area contributed by atoms with E-state index in [9.17, 15) is 9.59 Å². The molecule has 0 spiro atoms. The lowest BCUT2D eigenvalue weighted by Gasteiger charge is -2.35. The van der Waals surface area contributed by atoms with Crippen molar-refractivity contribution in [1.82, 2.24) is 15.5 Å². The average molecular weight is 348 g/mol. The number of H-pyrrole nitrogens is 1. The minimum atomic E-state index is 0.0374. The average Bonchev–Trinajstić information content (AvgIpc) is 3.04. The number of carbonyl (C=O) groups excluding carboxylic acids is 2. The largest absolute Gasteiger partial charge is 0.384 e. The minimum Gasteiger partial charge on any atom is -0.384 e. The van der Waals surface area contributed by atoms with Crippen LogP contribution < -0.4 is 10.6 Å². The summed E-state index contributed by atoms with van der Waals surface area (Å²) in [5, 5.41) is 13.2. The first-order valence-corrected chi connectivity index (χ1v) is 9.30.